The van der Waals surface area contributed by atoms with Crippen LogP contribution < -0.4 is 20.9 Å². The van der Waals surface area contributed by atoms with Crippen molar-refractivity contribution in [1.82, 2.24) is 10.6 Å². The maximum absolute atomic E-state index is 11.8. The minimum atomic E-state index is -0.0714. The van der Waals surface area contributed by atoms with Crippen LogP contribution >= 0.6 is 0 Å². The molecule has 2 fully saturated rings. The van der Waals surface area contributed by atoms with E-state index in [0.717, 1.165) is 17.9 Å². The molecule has 3 amide bonds. The Morgan fingerprint density at radius 2 is 2.05 bits per heavy atom. The Morgan fingerprint density at radius 1 is 1.29 bits per heavy atom. The lowest BCUT2D eigenvalue weighted by Crippen LogP contribution is -2.27. The predicted molar refractivity (Wildman–Crippen MR) is 81.5 cm³/mol. The molecular formula is C15H20N4O2. The second-order valence-electron chi connectivity index (χ2n) is 5.46. The first-order chi connectivity index (χ1) is 10.2. The van der Waals surface area contributed by atoms with Gasteiger partial charge >= 0.3 is 6.03 Å². The topological polar surface area (TPSA) is 73.5 Å². The average molecular weight is 288 g/mol. The number of hydrogen-bond donors (Lipinski definition) is 3. The molecule has 1 aliphatic carbocycles. The third-order valence-electron chi connectivity index (χ3n) is 3.68. The van der Waals surface area contributed by atoms with Crippen molar-refractivity contribution in [3.63, 3.8) is 0 Å². The minimum absolute atomic E-state index is 0.00909. The van der Waals surface area contributed by atoms with Crippen LogP contribution in [0.3, 0.4) is 0 Å². The van der Waals surface area contributed by atoms with E-state index in [1.54, 1.807) is 4.90 Å². The summed E-state index contributed by atoms with van der Waals surface area (Å²) in [5.41, 5.74) is 1.60. The predicted octanol–water partition coefficient (Wildman–Crippen LogP) is 1.30. The summed E-state index contributed by atoms with van der Waals surface area (Å²) in [7, 11) is 0. The Morgan fingerprint density at radius 3 is 2.67 bits per heavy atom. The molecule has 1 aromatic carbocycles. The molecule has 0 radical (unpaired) electrons. The first-order valence-corrected chi connectivity index (χ1v) is 7.41. The smallest absolute Gasteiger partial charge is 0.321 e. The number of nitrogens with one attached hydrogen (secondary N) is 3. The third kappa shape index (κ3) is 3.72. The molecular weight excluding hydrogens is 268 g/mol. The highest BCUT2D eigenvalue weighted by Crippen LogP contribution is 2.20. The second kappa shape index (κ2) is 6.13. The van der Waals surface area contributed by atoms with E-state index < -0.39 is 0 Å². The lowest BCUT2D eigenvalue weighted by molar-refractivity contribution is -0.116. The van der Waals surface area contributed by atoms with Crippen molar-refractivity contribution in [2.75, 3.05) is 29.9 Å². The van der Waals surface area contributed by atoms with E-state index in [1.165, 1.54) is 12.8 Å². The zero-order valence-electron chi connectivity index (χ0n) is 11.9. The van der Waals surface area contributed by atoms with Crippen LogP contribution in [0.15, 0.2) is 24.3 Å². The fourth-order valence-electron chi connectivity index (χ4n) is 2.34. The van der Waals surface area contributed by atoms with Crippen LogP contribution in [0, 0.1) is 0 Å². The van der Waals surface area contributed by atoms with E-state index in [0.29, 0.717) is 25.6 Å². The molecule has 2 aliphatic rings. The van der Waals surface area contributed by atoms with Crippen molar-refractivity contribution in [2.24, 2.45) is 0 Å². The number of anilines is 2. The van der Waals surface area contributed by atoms with Crippen LogP contribution in [0.4, 0.5) is 16.2 Å². The van der Waals surface area contributed by atoms with E-state index in [9.17, 15) is 9.59 Å². The van der Waals surface area contributed by atoms with Crippen molar-refractivity contribution < 1.29 is 9.59 Å². The molecule has 0 spiro atoms. The van der Waals surface area contributed by atoms with Crippen molar-refractivity contribution in [3.05, 3.63) is 24.3 Å². The zero-order valence-corrected chi connectivity index (χ0v) is 11.9. The van der Waals surface area contributed by atoms with Gasteiger partial charge in [0, 0.05) is 43.5 Å². The summed E-state index contributed by atoms with van der Waals surface area (Å²) in [5.74, 6) is 0.00909. The second-order valence-corrected chi connectivity index (χ2v) is 5.46. The van der Waals surface area contributed by atoms with Gasteiger partial charge in [-0.2, -0.15) is 0 Å². The van der Waals surface area contributed by atoms with Gasteiger partial charge in [0.05, 0.1) is 0 Å². The third-order valence-corrected chi connectivity index (χ3v) is 3.68. The van der Waals surface area contributed by atoms with Gasteiger partial charge in [-0.1, -0.05) is 0 Å². The summed E-state index contributed by atoms with van der Waals surface area (Å²) in [4.78, 5) is 25.0. The highest BCUT2D eigenvalue weighted by molar-refractivity contribution is 5.95. The van der Waals surface area contributed by atoms with Crippen LogP contribution in [0.25, 0.3) is 0 Å². The summed E-state index contributed by atoms with van der Waals surface area (Å²) in [5, 5.41) is 8.94. The van der Waals surface area contributed by atoms with Crippen molar-refractivity contribution in [3.8, 4) is 0 Å². The standard InChI is InChI=1S/C15H20N4O2/c20-14(7-8-16-11-1-2-11)18-12-3-5-13(6-4-12)19-10-9-17-15(19)21/h3-6,11,16H,1-2,7-10H2,(H,17,21)(H,18,20). The number of rotatable bonds is 6. The number of hydrogen-bond acceptors (Lipinski definition) is 3. The van der Waals surface area contributed by atoms with Crippen LogP contribution in [-0.2, 0) is 4.79 Å². The molecule has 6 nitrogen and oxygen atoms in total. The van der Waals surface area contributed by atoms with Crippen molar-refractivity contribution in [2.45, 2.75) is 25.3 Å². The van der Waals surface area contributed by atoms with Crippen LogP contribution in [0.5, 0.6) is 0 Å². The Balaban J connectivity index is 1.49. The fourth-order valence-corrected chi connectivity index (χ4v) is 2.34. The number of benzene rings is 1. The van der Waals surface area contributed by atoms with Gasteiger partial charge < -0.3 is 16.0 Å². The SMILES string of the molecule is O=C(CCNC1CC1)Nc1ccc(N2CCNC2=O)cc1. The molecule has 6 heteroatoms. The number of urea groups is 1. The monoisotopic (exact) mass is 288 g/mol. The van der Waals surface area contributed by atoms with Gasteiger partial charge in [0.15, 0.2) is 0 Å². The van der Waals surface area contributed by atoms with E-state index in [4.69, 9.17) is 0 Å². The van der Waals surface area contributed by atoms with Crippen molar-refractivity contribution >= 4 is 23.3 Å². The molecule has 0 aromatic heterocycles. The molecule has 1 heterocycles. The Labute approximate surface area is 123 Å². The van der Waals surface area contributed by atoms with E-state index >= 15 is 0 Å². The summed E-state index contributed by atoms with van der Waals surface area (Å²) in [6.45, 7) is 2.07. The Hall–Kier alpha value is -2.08. The summed E-state index contributed by atoms with van der Waals surface area (Å²) in [6.07, 6.45) is 2.94. The quantitative estimate of drug-likeness (QED) is 0.738. The van der Waals surface area contributed by atoms with Gasteiger partial charge in [-0.3, -0.25) is 9.69 Å². The Kier molecular flexibility index (Phi) is 4.06. The van der Waals surface area contributed by atoms with Gasteiger partial charge in [-0.05, 0) is 37.1 Å². The first kappa shape index (κ1) is 13.9. The first-order valence-electron chi connectivity index (χ1n) is 7.41. The maximum Gasteiger partial charge on any atom is 0.321 e. The van der Waals surface area contributed by atoms with Crippen molar-refractivity contribution in [1.29, 1.82) is 0 Å². The molecule has 112 valence electrons. The molecule has 21 heavy (non-hydrogen) atoms. The van der Waals surface area contributed by atoms with E-state index in [2.05, 4.69) is 16.0 Å². The summed E-state index contributed by atoms with van der Waals surface area (Å²) >= 11 is 0. The largest absolute Gasteiger partial charge is 0.336 e. The molecule has 1 aromatic rings. The van der Waals surface area contributed by atoms with Crippen LogP contribution in [0.2, 0.25) is 0 Å². The van der Waals surface area contributed by atoms with E-state index in [1.807, 2.05) is 24.3 Å². The van der Waals surface area contributed by atoms with E-state index in [-0.39, 0.29) is 11.9 Å². The maximum atomic E-state index is 11.8. The molecule has 3 rings (SSSR count). The minimum Gasteiger partial charge on any atom is -0.336 e. The molecule has 1 saturated heterocycles. The van der Waals surface area contributed by atoms with Crippen LogP contribution in [0.1, 0.15) is 19.3 Å². The lowest BCUT2D eigenvalue weighted by Gasteiger charge is -2.14. The average Bonchev–Trinajstić information content (AvgIpc) is 3.20. The zero-order chi connectivity index (χ0) is 14.7. The number of nitrogens with zero attached hydrogens (tertiary/aromatic N) is 1. The Bertz CT molecular complexity index is 525. The van der Waals surface area contributed by atoms with Gasteiger partial charge in [0.2, 0.25) is 5.91 Å². The van der Waals surface area contributed by atoms with Gasteiger partial charge in [0.1, 0.15) is 0 Å². The molecule has 1 aliphatic heterocycles. The molecule has 3 N–H and O–H groups in total. The molecule has 0 bridgehead atoms. The fraction of sp³-hybridized carbons (Fsp3) is 0.467. The highest BCUT2D eigenvalue weighted by atomic mass is 16.2. The van der Waals surface area contributed by atoms with Gasteiger partial charge in [0.25, 0.3) is 0 Å². The number of amides is 3. The normalized spacial score (nSPS) is 17.7. The van der Waals surface area contributed by atoms with Gasteiger partial charge in [-0.25, -0.2) is 4.79 Å². The highest BCUT2D eigenvalue weighted by Gasteiger charge is 2.21. The number of carbonyl (C=O) groups is 2. The summed E-state index contributed by atoms with van der Waals surface area (Å²) in [6, 6.07) is 7.91. The van der Waals surface area contributed by atoms with Crippen LogP contribution in [-0.4, -0.2) is 37.6 Å². The molecule has 0 unspecified atom stereocenters. The molecule has 1 saturated carbocycles. The van der Waals surface area contributed by atoms with Gasteiger partial charge in [-0.15, -0.1) is 0 Å². The lowest BCUT2D eigenvalue weighted by atomic mass is 10.2. The summed E-state index contributed by atoms with van der Waals surface area (Å²) < 4.78 is 0. The molecule has 0 atom stereocenters. The number of carbonyl (C=O) groups excluding carboxylic acids is 2.